The first kappa shape index (κ1) is 48.2. The minimum Gasteiger partial charge on any atom is -0.508 e. The molecule has 6 bridgehead atoms. The first-order valence-corrected chi connectivity index (χ1v) is 24.9. The third-order valence-corrected chi connectivity index (χ3v) is 15.2. The zero-order valence-electron chi connectivity index (χ0n) is 41.1. The number of ether oxygens (including phenoxy) is 2. The number of hydrazine groups is 1. The Hall–Kier alpha value is -5.84. The van der Waals surface area contributed by atoms with Gasteiger partial charge < -0.3 is 39.6 Å². The molecule has 0 unspecified atom stereocenters. The molecule has 4 saturated heterocycles. The summed E-state index contributed by atoms with van der Waals surface area (Å²) in [5.74, 6) is -1.67. The number of nitrogens with zero attached hydrogens (tertiary/aromatic N) is 5. The van der Waals surface area contributed by atoms with Crippen LogP contribution in [0.25, 0.3) is 33.3 Å². The fourth-order valence-corrected chi connectivity index (χ4v) is 11.3. The van der Waals surface area contributed by atoms with Gasteiger partial charge >= 0.3 is 5.97 Å². The van der Waals surface area contributed by atoms with Gasteiger partial charge in [0.2, 0.25) is 17.7 Å². The van der Waals surface area contributed by atoms with Gasteiger partial charge in [0, 0.05) is 80.9 Å². The molecule has 368 valence electrons. The van der Waals surface area contributed by atoms with Crippen LogP contribution >= 0.6 is 0 Å². The van der Waals surface area contributed by atoms with Crippen molar-refractivity contribution >= 4 is 40.5 Å². The summed E-state index contributed by atoms with van der Waals surface area (Å²) < 4.78 is 14.3. The topological polar surface area (TPSA) is 198 Å². The molecule has 1 spiro atoms. The van der Waals surface area contributed by atoms with E-state index >= 15 is 0 Å². The van der Waals surface area contributed by atoms with E-state index in [1.54, 1.807) is 30.3 Å². The molecular weight excluding hydrogens is 877 g/mol. The van der Waals surface area contributed by atoms with E-state index in [2.05, 4.69) is 59.6 Å². The maximum absolute atomic E-state index is 14.8. The van der Waals surface area contributed by atoms with Crippen LogP contribution in [0, 0.1) is 16.7 Å². The number of likely N-dealkylation sites (tertiary alicyclic amines) is 2. The lowest BCUT2D eigenvalue weighted by atomic mass is 9.77. The number of fused-ring (bicyclic) bond motifs is 6. The molecule has 16 nitrogen and oxygen atoms in total. The van der Waals surface area contributed by atoms with Gasteiger partial charge in [-0.15, -0.1) is 0 Å². The Morgan fingerprint density at radius 3 is 2.46 bits per heavy atom. The minimum atomic E-state index is -1.14. The minimum absolute atomic E-state index is 0.00400. The molecule has 2 aromatic heterocycles. The second-order valence-corrected chi connectivity index (χ2v) is 21.0. The lowest BCUT2D eigenvalue weighted by Gasteiger charge is -2.39. The highest BCUT2D eigenvalue weighted by Crippen LogP contribution is 2.44. The summed E-state index contributed by atoms with van der Waals surface area (Å²) in [6.45, 7) is 15.2. The quantitative estimate of drug-likeness (QED) is 0.126. The van der Waals surface area contributed by atoms with E-state index in [9.17, 15) is 29.1 Å². The van der Waals surface area contributed by atoms with Gasteiger partial charge in [0.1, 0.15) is 23.9 Å². The van der Waals surface area contributed by atoms with Gasteiger partial charge in [-0.1, -0.05) is 39.8 Å². The average molecular weight is 945 g/mol. The normalized spacial score (nSPS) is 23.5. The fourth-order valence-electron chi connectivity index (χ4n) is 11.3. The van der Waals surface area contributed by atoms with Gasteiger partial charge in [0.15, 0.2) is 0 Å². The molecule has 0 saturated carbocycles. The Morgan fingerprint density at radius 1 is 1.00 bits per heavy atom. The lowest BCUT2D eigenvalue weighted by Crippen LogP contribution is -2.62. The van der Waals surface area contributed by atoms with Gasteiger partial charge in [-0.2, -0.15) is 0 Å². The Morgan fingerprint density at radius 2 is 1.75 bits per heavy atom. The zero-order chi connectivity index (χ0) is 48.9. The number of aromatic nitrogens is 2. The van der Waals surface area contributed by atoms with E-state index in [-0.39, 0.29) is 48.7 Å². The molecule has 9 rings (SSSR count). The smallest absolute Gasteiger partial charge is 0.324 e. The SMILES string of the molecule is CCn1c(-c2cccnc2[C@H](C)OC)c2c3cc(ccc31)-c1cc(O)cc(c1)C[C@H](NC(=O)[C@H](C(C)C)N1CCC3(CCN(C(=O)[C@H]4CN4)CC3)C1=O)C(=O)N1CCC[C@H](N1)C(=O)OCC(C)(C)C2. The van der Waals surface area contributed by atoms with Crippen LogP contribution in [0.2, 0.25) is 0 Å². The number of piperidine rings is 1. The fraction of sp³-hybridized carbons (Fsp3) is 0.547. The number of rotatable bonds is 9. The number of nitrogens with one attached hydrogen (secondary N) is 3. The molecule has 4 fully saturated rings. The molecule has 4 N–H and O–H groups in total. The third kappa shape index (κ3) is 9.47. The van der Waals surface area contributed by atoms with Crippen LogP contribution in [0.1, 0.15) is 96.6 Å². The van der Waals surface area contributed by atoms with Gasteiger partial charge in [-0.25, -0.2) is 5.43 Å². The number of phenols is 1. The van der Waals surface area contributed by atoms with Crippen molar-refractivity contribution < 1.29 is 38.6 Å². The molecule has 4 aromatic rings. The maximum Gasteiger partial charge on any atom is 0.324 e. The van der Waals surface area contributed by atoms with E-state index in [0.717, 1.165) is 44.5 Å². The molecule has 5 aliphatic rings. The van der Waals surface area contributed by atoms with Crippen LogP contribution < -0.4 is 16.1 Å². The Balaban J connectivity index is 1.08. The highest BCUT2D eigenvalue weighted by atomic mass is 16.5. The molecule has 0 aliphatic carbocycles. The van der Waals surface area contributed by atoms with Crippen molar-refractivity contribution in [1.29, 1.82) is 0 Å². The predicted molar refractivity (Wildman–Crippen MR) is 260 cm³/mol. The summed E-state index contributed by atoms with van der Waals surface area (Å²) >= 11 is 0. The Bertz CT molecular complexity index is 2650. The van der Waals surface area contributed by atoms with Gasteiger partial charge in [0.05, 0.1) is 35.6 Å². The molecule has 5 atom stereocenters. The van der Waals surface area contributed by atoms with Crippen molar-refractivity contribution in [2.45, 2.75) is 123 Å². The molecule has 0 radical (unpaired) electrons. The van der Waals surface area contributed by atoms with Crippen molar-refractivity contribution in [3.63, 3.8) is 0 Å². The first-order valence-electron chi connectivity index (χ1n) is 24.9. The number of esters is 1. The molecule has 16 heteroatoms. The van der Waals surface area contributed by atoms with Crippen LogP contribution in [0.3, 0.4) is 0 Å². The highest BCUT2D eigenvalue weighted by molar-refractivity contribution is 5.97. The largest absolute Gasteiger partial charge is 0.508 e. The number of pyridine rings is 1. The number of hydrogen-bond donors (Lipinski definition) is 4. The van der Waals surface area contributed by atoms with Crippen LogP contribution in [-0.4, -0.2) is 130 Å². The number of aryl methyl sites for hydroxylation is 1. The number of amides is 4. The molecule has 7 heterocycles. The van der Waals surface area contributed by atoms with Crippen molar-refractivity contribution in [1.82, 2.24) is 40.4 Å². The monoisotopic (exact) mass is 945 g/mol. The van der Waals surface area contributed by atoms with Gasteiger partial charge in [0.25, 0.3) is 5.91 Å². The summed E-state index contributed by atoms with van der Waals surface area (Å²) in [6.07, 6.45) is 4.69. The van der Waals surface area contributed by atoms with E-state index in [0.29, 0.717) is 83.4 Å². The number of cyclic esters (lactones) is 1. The second-order valence-electron chi connectivity index (χ2n) is 21.0. The standard InChI is InChI=1S/C53H68N8O8/c1-8-59-43-14-13-34-27-38(43)39(46(59)37-11-9-18-54-44(37)32(4)68-7)28-52(5,6)30-69-50(66)40-12-10-19-61(57-40)49(65)41(25-33-23-35(34)26-36(62)24-33)56-47(63)45(31(2)3)60-22-17-53(51(60)67)15-20-58(21-16-53)48(64)42-29-55-42/h9,11,13-14,18,23-24,26-27,31-32,40-42,45,55,57,62H,8,10,12,15-17,19-22,25,28-30H2,1-7H3,(H,56,63)/t32-,40-,41-,42+,45-/m0/s1. The molecule has 69 heavy (non-hydrogen) atoms. The summed E-state index contributed by atoms with van der Waals surface area (Å²) in [5, 5.41) is 20.0. The molecule has 5 aliphatic heterocycles. The van der Waals surface area contributed by atoms with E-state index in [1.165, 1.54) is 5.01 Å². The predicted octanol–water partition coefficient (Wildman–Crippen LogP) is 5.29. The summed E-state index contributed by atoms with van der Waals surface area (Å²) in [5.41, 5.74) is 9.01. The van der Waals surface area contributed by atoms with Crippen molar-refractivity contribution in [3.05, 3.63) is 71.5 Å². The van der Waals surface area contributed by atoms with Crippen molar-refractivity contribution in [2.75, 3.05) is 46.4 Å². The second kappa shape index (κ2) is 19.2. The molecule has 4 amide bonds. The lowest BCUT2D eigenvalue weighted by molar-refractivity contribution is -0.155. The van der Waals surface area contributed by atoms with Crippen LogP contribution in [0.4, 0.5) is 0 Å². The van der Waals surface area contributed by atoms with Crippen molar-refractivity contribution in [3.8, 4) is 28.1 Å². The average Bonchev–Trinajstić information content (AvgIpc) is 4.10. The third-order valence-electron chi connectivity index (χ3n) is 15.2. The summed E-state index contributed by atoms with van der Waals surface area (Å²) in [4.78, 5) is 79.2. The first-order chi connectivity index (χ1) is 33.0. The van der Waals surface area contributed by atoms with Crippen molar-refractivity contribution in [2.24, 2.45) is 16.7 Å². The highest BCUT2D eigenvalue weighted by Gasteiger charge is 2.52. The number of phenolic OH excluding ortho intramolecular Hbond substituents is 1. The summed E-state index contributed by atoms with van der Waals surface area (Å²) in [6, 6.07) is 12.6. The van der Waals surface area contributed by atoms with E-state index < -0.39 is 46.7 Å². The Labute approximate surface area is 404 Å². The number of hydrogen-bond acceptors (Lipinski definition) is 11. The van der Waals surface area contributed by atoms with Crippen LogP contribution in [-0.2, 0) is 52.8 Å². The van der Waals surface area contributed by atoms with Gasteiger partial charge in [-0.3, -0.25) is 34.0 Å². The number of aromatic hydroxyl groups is 1. The van der Waals surface area contributed by atoms with Crippen LogP contribution in [0.15, 0.2) is 54.7 Å². The number of carbonyl (C=O) groups excluding carboxylic acids is 5. The van der Waals surface area contributed by atoms with E-state index in [1.807, 2.05) is 43.9 Å². The molecular formula is C53H68N8O8. The van der Waals surface area contributed by atoms with Crippen LogP contribution in [0.5, 0.6) is 5.75 Å². The number of carbonyl (C=O) groups is 5. The zero-order valence-corrected chi connectivity index (χ0v) is 41.1. The Kier molecular flexibility index (Phi) is 13.4. The number of benzene rings is 2. The maximum atomic E-state index is 14.8. The number of methoxy groups -OCH3 is 1. The van der Waals surface area contributed by atoms with E-state index in [4.69, 9.17) is 14.5 Å². The summed E-state index contributed by atoms with van der Waals surface area (Å²) in [7, 11) is 1.68. The van der Waals surface area contributed by atoms with Gasteiger partial charge in [-0.05, 0) is 117 Å². The molecule has 2 aromatic carbocycles.